The molecule has 0 spiro atoms. The predicted octanol–water partition coefficient (Wildman–Crippen LogP) is 2.44. The maximum Gasteiger partial charge on any atom is 0.303 e. The molecule has 0 aromatic rings. The zero-order valence-corrected chi connectivity index (χ0v) is 12.3. The molecule has 4 rings (SSSR count). The highest BCUT2D eigenvalue weighted by Gasteiger charge is 2.48. The van der Waals surface area contributed by atoms with Crippen LogP contribution in [0.4, 0.5) is 0 Å². The highest BCUT2D eigenvalue weighted by molar-refractivity contribution is 5.81. The first-order chi connectivity index (χ1) is 10.1. The van der Waals surface area contributed by atoms with E-state index in [1.807, 2.05) is 0 Å². The average Bonchev–Trinajstić information content (AvgIpc) is 3.11. The van der Waals surface area contributed by atoms with Gasteiger partial charge in [0, 0.05) is 24.4 Å². The van der Waals surface area contributed by atoms with E-state index in [-0.39, 0.29) is 18.3 Å². The fraction of sp³-hybridized carbons (Fsp3) is 0.765. The molecule has 2 heterocycles. The summed E-state index contributed by atoms with van der Waals surface area (Å²) in [5, 5.41) is 8.99. The predicted molar refractivity (Wildman–Crippen MR) is 77.5 cm³/mol. The molecule has 1 amide bonds. The third kappa shape index (κ3) is 2.19. The molecule has 4 nitrogen and oxygen atoms in total. The van der Waals surface area contributed by atoms with E-state index in [1.54, 1.807) is 0 Å². The largest absolute Gasteiger partial charge is 0.481 e. The van der Waals surface area contributed by atoms with Crippen LogP contribution in [0.3, 0.4) is 0 Å². The van der Waals surface area contributed by atoms with Gasteiger partial charge in [0.15, 0.2) is 0 Å². The zero-order valence-electron chi connectivity index (χ0n) is 12.3. The van der Waals surface area contributed by atoms with Crippen molar-refractivity contribution < 1.29 is 14.7 Å². The number of allylic oxidation sites excluding steroid dienone is 2. The Labute approximate surface area is 125 Å². The van der Waals surface area contributed by atoms with Crippen molar-refractivity contribution in [3.63, 3.8) is 0 Å². The molecule has 4 bridgehead atoms. The summed E-state index contributed by atoms with van der Waals surface area (Å²) in [5.41, 5.74) is 0. The Morgan fingerprint density at radius 1 is 1.05 bits per heavy atom. The monoisotopic (exact) mass is 289 g/mol. The number of rotatable bonds is 3. The molecule has 5 unspecified atom stereocenters. The highest BCUT2D eigenvalue weighted by Crippen LogP contribution is 2.47. The Morgan fingerprint density at radius 2 is 1.76 bits per heavy atom. The van der Waals surface area contributed by atoms with Crippen molar-refractivity contribution in [2.75, 3.05) is 0 Å². The first-order valence-electron chi connectivity index (χ1n) is 8.34. The number of aliphatic carboxylic acids is 1. The number of carbonyl (C=O) groups is 2. The molecule has 1 N–H and O–H groups in total. The SMILES string of the molecule is O=C(O)CC1CC2CCC(C1)N2C(=O)C1CC2C=CC1C2. The van der Waals surface area contributed by atoms with Gasteiger partial charge in [-0.25, -0.2) is 0 Å². The van der Waals surface area contributed by atoms with Crippen LogP contribution in [0.2, 0.25) is 0 Å². The highest BCUT2D eigenvalue weighted by atomic mass is 16.4. The summed E-state index contributed by atoms with van der Waals surface area (Å²) in [6.45, 7) is 0. The van der Waals surface area contributed by atoms with Crippen molar-refractivity contribution >= 4 is 11.9 Å². The molecule has 0 radical (unpaired) electrons. The minimum absolute atomic E-state index is 0.208. The van der Waals surface area contributed by atoms with Crippen molar-refractivity contribution in [3.8, 4) is 0 Å². The Morgan fingerprint density at radius 3 is 2.29 bits per heavy atom. The standard InChI is InChI=1S/C17H23NO3/c19-16(20)9-11-6-13-3-4-14(7-11)18(13)17(21)15-8-10-1-2-12(15)5-10/h1-2,10-15H,3-9H2,(H,19,20). The van der Waals surface area contributed by atoms with Crippen LogP contribution in [-0.2, 0) is 9.59 Å². The summed E-state index contributed by atoms with van der Waals surface area (Å²) in [7, 11) is 0. The van der Waals surface area contributed by atoms with Crippen molar-refractivity contribution in [2.24, 2.45) is 23.7 Å². The van der Waals surface area contributed by atoms with Gasteiger partial charge in [-0.2, -0.15) is 0 Å². The molecule has 114 valence electrons. The Kier molecular flexibility index (Phi) is 3.09. The Hall–Kier alpha value is -1.32. The van der Waals surface area contributed by atoms with E-state index in [2.05, 4.69) is 17.1 Å². The topological polar surface area (TPSA) is 57.6 Å². The Bertz CT molecular complexity index is 486. The number of hydrogen-bond acceptors (Lipinski definition) is 2. The smallest absolute Gasteiger partial charge is 0.303 e. The second kappa shape index (κ2) is 4.85. The second-order valence-electron chi connectivity index (χ2n) is 7.45. The van der Waals surface area contributed by atoms with E-state index < -0.39 is 5.97 Å². The van der Waals surface area contributed by atoms with Gasteiger partial charge in [0.2, 0.25) is 5.91 Å². The molecule has 5 atom stereocenters. The Balaban J connectivity index is 1.46. The lowest BCUT2D eigenvalue weighted by atomic mass is 9.85. The summed E-state index contributed by atoms with van der Waals surface area (Å²) in [5.74, 6) is 1.25. The van der Waals surface area contributed by atoms with Gasteiger partial charge >= 0.3 is 5.97 Å². The van der Waals surface area contributed by atoms with Crippen LogP contribution in [-0.4, -0.2) is 34.0 Å². The van der Waals surface area contributed by atoms with E-state index in [1.165, 1.54) is 6.42 Å². The van der Waals surface area contributed by atoms with Crippen LogP contribution >= 0.6 is 0 Å². The molecule has 2 aliphatic carbocycles. The summed E-state index contributed by atoms with van der Waals surface area (Å²) >= 11 is 0. The van der Waals surface area contributed by atoms with Crippen LogP contribution in [0, 0.1) is 23.7 Å². The minimum Gasteiger partial charge on any atom is -0.481 e. The number of carbonyl (C=O) groups excluding carboxylic acids is 1. The van der Waals surface area contributed by atoms with Gasteiger partial charge in [-0.1, -0.05) is 12.2 Å². The first kappa shape index (κ1) is 13.4. The molecule has 0 aromatic heterocycles. The van der Waals surface area contributed by atoms with Crippen LogP contribution in [0.15, 0.2) is 12.2 Å². The number of fused-ring (bicyclic) bond motifs is 4. The lowest BCUT2D eigenvalue weighted by Crippen LogP contribution is -2.49. The van der Waals surface area contributed by atoms with Gasteiger partial charge in [-0.15, -0.1) is 0 Å². The summed E-state index contributed by atoms with van der Waals surface area (Å²) in [6, 6.07) is 0.618. The molecule has 3 fully saturated rings. The van der Waals surface area contributed by atoms with E-state index in [4.69, 9.17) is 5.11 Å². The number of amides is 1. The molecule has 4 heteroatoms. The molecule has 2 saturated heterocycles. The first-order valence-corrected chi connectivity index (χ1v) is 8.34. The lowest BCUT2D eigenvalue weighted by molar-refractivity contribution is -0.143. The van der Waals surface area contributed by atoms with Gasteiger partial charge < -0.3 is 10.0 Å². The molecule has 4 aliphatic rings. The number of hydrogen-bond donors (Lipinski definition) is 1. The molecular formula is C17H23NO3. The molecular weight excluding hydrogens is 266 g/mol. The molecule has 0 aromatic carbocycles. The molecule has 1 saturated carbocycles. The van der Waals surface area contributed by atoms with Crippen LogP contribution in [0.1, 0.15) is 44.9 Å². The summed E-state index contributed by atoms with van der Waals surface area (Å²) in [6.07, 6.45) is 10.9. The molecule has 21 heavy (non-hydrogen) atoms. The van der Waals surface area contributed by atoms with Gasteiger partial charge in [-0.05, 0) is 56.3 Å². The third-order valence-corrected chi connectivity index (χ3v) is 6.14. The fourth-order valence-corrected chi connectivity index (χ4v) is 5.32. The van der Waals surface area contributed by atoms with Crippen molar-refractivity contribution in [3.05, 3.63) is 12.2 Å². The summed E-state index contributed by atoms with van der Waals surface area (Å²) in [4.78, 5) is 26.0. The zero-order chi connectivity index (χ0) is 14.6. The van der Waals surface area contributed by atoms with E-state index >= 15 is 0 Å². The van der Waals surface area contributed by atoms with E-state index in [9.17, 15) is 9.59 Å². The maximum absolute atomic E-state index is 13.0. The lowest BCUT2D eigenvalue weighted by Gasteiger charge is -2.40. The number of carboxylic acids is 1. The van der Waals surface area contributed by atoms with Gasteiger partial charge in [0.25, 0.3) is 0 Å². The van der Waals surface area contributed by atoms with Crippen molar-refractivity contribution in [1.82, 2.24) is 4.90 Å². The maximum atomic E-state index is 13.0. The van der Waals surface area contributed by atoms with Gasteiger partial charge in [0.05, 0.1) is 0 Å². The molecule has 2 aliphatic heterocycles. The van der Waals surface area contributed by atoms with Crippen LogP contribution in [0.5, 0.6) is 0 Å². The number of piperidine rings is 1. The average molecular weight is 289 g/mol. The van der Waals surface area contributed by atoms with E-state index in [0.717, 1.165) is 32.1 Å². The fourth-order valence-electron chi connectivity index (χ4n) is 5.32. The minimum atomic E-state index is -0.697. The van der Waals surface area contributed by atoms with Crippen molar-refractivity contribution in [1.29, 1.82) is 0 Å². The quantitative estimate of drug-likeness (QED) is 0.812. The van der Waals surface area contributed by atoms with Crippen LogP contribution in [0.25, 0.3) is 0 Å². The number of nitrogens with zero attached hydrogens (tertiary/aromatic N) is 1. The second-order valence-corrected chi connectivity index (χ2v) is 7.45. The van der Waals surface area contributed by atoms with Gasteiger partial charge in [0.1, 0.15) is 0 Å². The van der Waals surface area contributed by atoms with Gasteiger partial charge in [-0.3, -0.25) is 9.59 Å². The third-order valence-electron chi connectivity index (χ3n) is 6.14. The van der Waals surface area contributed by atoms with Crippen LogP contribution < -0.4 is 0 Å². The van der Waals surface area contributed by atoms with E-state index in [0.29, 0.717) is 29.8 Å². The summed E-state index contributed by atoms with van der Waals surface area (Å²) < 4.78 is 0. The number of carboxylic acid groups (broad SMARTS) is 1. The normalized spacial score (nSPS) is 43.5. The van der Waals surface area contributed by atoms with Crippen molar-refractivity contribution in [2.45, 2.75) is 57.0 Å².